The van der Waals surface area contributed by atoms with E-state index in [1.54, 1.807) is 7.11 Å². The predicted octanol–water partition coefficient (Wildman–Crippen LogP) is 3.32. The average molecular weight is 397 g/mol. The molecule has 7 heteroatoms. The van der Waals surface area contributed by atoms with Gasteiger partial charge in [-0.05, 0) is 36.8 Å². The van der Waals surface area contributed by atoms with Crippen molar-refractivity contribution in [2.24, 2.45) is 0 Å². The number of amides is 1. The second kappa shape index (κ2) is 8.14. The van der Waals surface area contributed by atoms with Crippen LogP contribution in [0, 0.1) is 6.92 Å². The van der Waals surface area contributed by atoms with E-state index in [1.165, 1.54) is 23.0 Å². The van der Waals surface area contributed by atoms with Crippen molar-refractivity contribution in [3.63, 3.8) is 0 Å². The standard InChI is InChI=1S/C21H24N4O2S/c1-15-4-3-5-16(12-15)24-8-10-25(11-9-24)20(26)14-28-21-22-18-7-6-17(27-2)13-19(18)23-21/h3-7,12-13H,8-11,14H2,1-2H3,(H,22,23). The molecule has 0 atom stereocenters. The lowest BCUT2D eigenvalue weighted by Crippen LogP contribution is -2.49. The number of nitrogens with one attached hydrogen (secondary N) is 1. The monoisotopic (exact) mass is 396 g/mol. The summed E-state index contributed by atoms with van der Waals surface area (Å²) in [6.45, 7) is 5.35. The summed E-state index contributed by atoms with van der Waals surface area (Å²) in [6, 6.07) is 14.2. The molecule has 1 saturated heterocycles. The summed E-state index contributed by atoms with van der Waals surface area (Å²) in [6.07, 6.45) is 0. The molecule has 2 heterocycles. The highest BCUT2D eigenvalue weighted by Crippen LogP contribution is 2.24. The number of H-pyrrole nitrogens is 1. The average Bonchev–Trinajstić information content (AvgIpc) is 3.14. The number of hydrogen-bond acceptors (Lipinski definition) is 5. The Morgan fingerprint density at radius 3 is 2.75 bits per heavy atom. The minimum atomic E-state index is 0.159. The Morgan fingerprint density at radius 1 is 1.18 bits per heavy atom. The Balaban J connectivity index is 1.31. The number of aryl methyl sites for hydroxylation is 1. The first kappa shape index (κ1) is 18.7. The molecule has 1 aliphatic rings. The van der Waals surface area contributed by atoms with Gasteiger partial charge in [-0.15, -0.1) is 0 Å². The third-order valence-corrected chi connectivity index (χ3v) is 5.86. The van der Waals surface area contributed by atoms with E-state index < -0.39 is 0 Å². The molecular formula is C21H24N4O2S. The molecule has 1 N–H and O–H groups in total. The zero-order chi connectivity index (χ0) is 19.5. The van der Waals surface area contributed by atoms with Gasteiger partial charge < -0.3 is 19.5 Å². The number of imidazole rings is 1. The highest BCUT2D eigenvalue weighted by molar-refractivity contribution is 7.99. The fraction of sp³-hybridized carbons (Fsp3) is 0.333. The summed E-state index contributed by atoms with van der Waals surface area (Å²) >= 11 is 1.45. The quantitative estimate of drug-likeness (QED) is 0.671. The Bertz CT molecular complexity index is 979. The molecule has 6 nitrogen and oxygen atoms in total. The third-order valence-electron chi connectivity index (χ3n) is 5.00. The van der Waals surface area contributed by atoms with E-state index >= 15 is 0 Å². The maximum atomic E-state index is 12.6. The number of ether oxygens (including phenoxy) is 1. The minimum Gasteiger partial charge on any atom is -0.497 e. The van der Waals surface area contributed by atoms with Crippen molar-refractivity contribution in [1.29, 1.82) is 0 Å². The highest BCUT2D eigenvalue weighted by atomic mass is 32.2. The fourth-order valence-corrected chi connectivity index (χ4v) is 4.21. The number of piperazine rings is 1. The Labute approximate surface area is 168 Å². The van der Waals surface area contributed by atoms with Gasteiger partial charge in [-0.1, -0.05) is 23.9 Å². The van der Waals surface area contributed by atoms with Gasteiger partial charge in [-0.3, -0.25) is 4.79 Å². The van der Waals surface area contributed by atoms with Crippen LogP contribution in [0.3, 0.4) is 0 Å². The van der Waals surface area contributed by atoms with Crippen molar-refractivity contribution in [3.8, 4) is 5.75 Å². The topological polar surface area (TPSA) is 61.5 Å². The third kappa shape index (κ3) is 4.09. The number of nitrogens with zero attached hydrogens (tertiary/aromatic N) is 3. The van der Waals surface area contributed by atoms with E-state index in [9.17, 15) is 4.79 Å². The van der Waals surface area contributed by atoms with Crippen LogP contribution in [0.2, 0.25) is 0 Å². The van der Waals surface area contributed by atoms with Crippen LogP contribution in [-0.4, -0.2) is 59.8 Å². The number of hydrogen-bond donors (Lipinski definition) is 1. The maximum absolute atomic E-state index is 12.6. The summed E-state index contributed by atoms with van der Waals surface area (Å²) in [5, 5.41) is 0.759. The lowest BCUT2D eigenvalue weighted by atomic mass is 10.2. The number of aromatic nitrogens is 2. The van der Waals surface area contributed by atoms with E-state index in [0.717, 1.165) is 48.1 Å². The largest absolute Gasteiger partial charge is 0.497 e. The number of methoxy groups -OCH3 is 1. The molecule has 146 valence electrons. The molecule has 28 heavy (non-hydrogen) atoms. The van der Waals surface area contributed by atoms with Crippen LogP contribution in [0.5, 0.6) is 5.75 Å². The summed E-state index contributed by atoms with van der Waals surface area (Å²) in [5.74, 6) is 1.34. The second-order valence-corrected chi connectivity index (χ2v) is 7.88. The molecule has 1 aliphatic heterocycles. The molecule has 1 amide bonds. The molecule has 2 aromatic carbocycles. The van der Waals surface area contributed by atoms with Gasteiger partial charge in [-0.2, -0.15) is 0 Å². The number of thioether (sulfide) groups is 1. The molecule has 0 unspecified atom stereocenters. The second-order valence-electron chi connectivity index (χ2n) is 6.92. The Hall–Kier alpha value is -2.67. The Kier molecular flexibility index (Phi) is 5.43. The zero-order valence-corrected chi connectivity index (χ0v) is 17.0. The van der Waals surface area contributed by atoms with Crippen molar-refractivity contribution < 1.29 is 9.53 Å². The van der Waals surface area contributed by atoms with Crippen LogP contribution < -0.4 is 9.64 Å². The molecular weight excluding hydrogens is 372 g/mol. The molecule has 0 radical (unpaired) electrons. The van der Waals surface area contributed by atoms with Crippen LogP contribution in [-0.2, 0) is 4.79 Å². The predicted molar refractivity (Wildman–Crippen MR) is 113 cm³/mol. The van der Waals surface area contributed by atoms with E-state index in [2.05, 4.69) is 46.1 Å². The van der Waals surface area contributed by atoms with Crippen molar-refractivity contribution in [3.05, 3.63) is 48.0 Å². The normalized spacial score (nSPS) is 14.5. The van der Waals surface area contributed by atoms with E-state index in [4.69, 9.17) is 4.74 Å². The highest BCUT2D eigenvalue weighted by Gasteiger charge is 2.21. The first-order valence-electron chi connectivity index (χ1n) is 9.38. The van der Waals surface area contributed by atoms with Crippen molar-refractivity contribution in [2.75, 3.05) is 43.9 Å². The lowest BCUT2D eigenvalue weighted by molar-refractivity contribution is -0.128. The molecule has 1 fully saturated rings. The van der Waals surface area contributed by atoms with Crippen LogP contribution >= 0.6 is 11.8 Å². The number of benzene rings is 2. The first-order chi connectivity index (χ1) is 13.6. The number of rotatable bonds is 5. The van der Waals surface area contributed by atoms with Crippen molar-refractivity contribution in [1.82, 2.24) is 14.9 Å². The summed E-state index contributed by atoms with van der Waals surface area (Å²) in [7, 11) is 1.64. The van der Waals surface area contributed by atoms with Crippen LogP contribution in [0.4, 0.5) is 5.69 Å². The molecule has 0 bridgehead atoms. The summed E-state index contributed by atoms with van der Waals surface area (Å²) in [4.78, 5) is 24.7. The van der Waals surface area contributed by atoms with Gasteiger partial charge >= 0.3 is 0 Å². The zero-order valence-electron chi connectivity index (χ0n) is 16.1. The van der Waals surface area contributed by atoms with Crippen LogP contribution in [0.25, 0.3) is 11.0 Å². The van der Waals surface area contributed by atoms with Crippen molar-refractivity contribution >= 4 is 34.4 Å². The maximum Gasteiger partial charge on any atom is 0.233 e. The fourth-order valence-electron chi connectivity index (χ4n) is 3.42. The van der Waals surface area contributed by atoms with Gasteiger partial charge in [0.25, 0.3) is 0 Å². The molecule has 0 aliphatic carbocycles. The molecule has 0 spiro atoms. The summed E-state index contributed by atoms with van der Waals surface area (Å²) < 4.78 is 5.24. The van der Waals surface area contributed by atoms with Crippen LogP contribution in [0.15, 0.2) is 47.6 Å². The SMILES string of the molecule is COc1ccc2nc(SCC(=O)N3CCN(c4cccc(C)c4)CC3)[nH]c2c1. The number of fused-ring (bicyclic) bond motifs is 1. The number of carbonyl (C=O) groups is 1. The van der Waals surface area contributed by atoms with Gasteiger partial charge in [0.15, 0.2) is 5.16 Å². The molecule has 4 rings (SSSR count). The smallest absolute Gasteiger partial charge is 0.233 e. The van der Waals surface area contributed by atoms with Gasteiger partial charge in [0.05, 0.1) is 23.9 Å². The van der Waals surface area contributed by atoms with E-state index in [1.807, 2.05) is 23.1 Å². The summed E-state index contributed by atoms with van der Waals surface area (Å²) in [5.41, 5.74) is 4.29. The number of anilines is 1. The van der Waals surface area contributed by atoms with Gasteiger partial charge in [-0.25, -0.2) is 4.98 Å². The van der Waals surface area contributed by atoms with Crippen LogP contribution in [0.1, 0.15) is 5.56 Å². The van der Waals surface area contributed by atoms with Gasteiger partial charge in [0.2, 0.25) is 5.91 Å². The van der Waals surface area contributed by atoms with Crippen molar-refractivity contribution in [2.45, 2.75) is 12.1 Å². The van der Waals surface area contributed by atoms with E-state index in [-0.39, 0.29) is 5.91 Å². The molecule has 0 saturated carbocycles. The number of aromatic amines is 1. The molecule has 3 aromatic rings. The van der Waals surface area contributed by atoms with Gasteiger partial charge in [0.1, 0.15) is 5.75 Å². The van der Waals surface area contributed by atoms with E-state index in [0.29, 0.717) is 5.75 Å². The first-order valence-corrected chi connectivity index (χ1v) is 10.4. The lowest BCUT2D eigenvalue weighted by Gasteiger charge is -2.36. The number of carbonyl (C=O) groups excluding carboxylic acids is 1. The minimum absolute atomic E-state index is 0.159. The molecule has 1 aromatic heterocycles. The van der Waals surface area contributed by atoms with Gasteiger partial charge in [0, 0.05) is 37.9 Å². The Morgan fingerprint density at radius 2 is 2.00 bits per heavy atom.